The van der Waals surface area contributed by atoms with Crippen molar-refractivity contribution in [2.24, 2.45) is 0 Å². The van der Waals surface area contributed by atoms with Crippen LogP contribution in [0.1, 0.15) is 43.1 Å². The molecule has 19 heavy (non-hydrogen) atoms. The molecule has 0 saturated carbocycles. The first-order valence-corrected chi connectivity index (χ1v) is 6.83. The van der Waals surface area contributed by atoms with Gasteiger partial charge in [-0.25, -0.2) is 0 Å². The second-order valence-corrected chi connectivity index (χ2v) is 4.59. The van der Waals surface area contributed by atoms with E-state index in [4.69, 9.17) is 0 Å². The molecule has 2 N–H and O–H groups in total. The summed E-state index contributed by atoms with van der Waals surface area (Å²) in [6, 6.07) is 3.48. The second-order valence-electron chi connectivity index (χ2n) is 4.59. The van der Waals surface area contributed by atoms with Crippen molar-refractivity contribution in [3.05, 3.63) is 29.5 Å². The van der Waals surface area contributed by atoms with Crippen molar-refractivity contribution in [2.45, 2.75) is 32.6 Å². The van der Waals surface area contributed by atoms with Gasteiger partial charge in [0.05, 0.1) is 0 Å². The molecule has 1 aromatic heterocycles. The van der Waals surface area contributed by atoms with Gasteiger partial charge >= 0.3 is 0 Å². The Labute approximate surface area is 113 Å². The fourth-order valence-electron chi connectivity index (χ4n) is 2.11. The Morgan fingerprint density at radius 1 is 1.37 bits per heavy atom. The van der Waals surface area contributed by atoms with Crippen LogP contribution in [-0.2, 0) is 0 Å². The lowest BCUT2D eigenvalue weighted by molar-refractivity contribution is 0.0950. The summed E-state index contributed by atoms with van der Waals surface area (Å²) in [7, 11) is 0. The third-order valence-electron chi connectivity index (χ3n) is 3.12. The maximum absolute atomic E-state index is 11.5. The highest BCUT2D eigenvalue weighted by Gasteiger charge is 2.07. The molecule has 0 aromatic carbocycles. The topological polar surface area (TPSA) is 66.9 Å². The molecule has 5 nitrogen and oxygen atoms in total. The highest BCUT2D eigenvalue weighted by molar-refractivity contribution is 5.92. The minimum atomic E-state index is -0.183. The summed E-state index contributed by atoms with van der Waals surface area (Å²) in [6.07, 6.45) is 7.11. The highest BCUT2D eigenvalue weighted by atomic mass is 16.1. The number of rotatable bonds is 6. The second kappa shape index (κ2) is 6.87. The van der Waals surface area contributed by atoms with Crippen molar-refractivity contribution in [1.82, 2.24) is 15.5 Å². The minimum Gasteiger partial charge on any atom is -0.368 e. The monoisotopic (exact) mass is 260 g/mol. The first kappa shape index (κ1) is 13.5. The van der Waals surface area contributed by atoms with Crippen molar-refractivity contribution in [3.63, 3.8) is 0 Å². The third kappa shape index (κ3) is 4.05. The Kier molecular flexibility index (Phi) is 4.89. The van der Waals surface area contributed by atoms with Crippen molar-refractivity contribution < 1.29 is 4.79 Å². The lowest BCUT2D eigenvalue weighted by Crippen LogP contribution is -2.24. The van der Waals surface area contributed by atoms with Crippen LogP contribution in [0, 0.1) is 0 Å². The van der Waals surface area contributed by atoms with Gasteiger partial charge < -0.3 is 10.6 Å². The molecule has 1 aliphatic rings. The molecule has 0 fully saturated rings. The zero-order valence-electron chi connectivity index (χ0n) is 11.3. The van der Waals surface area contributed by atoms with Crippen LogP contribution in [0.3, 0.4) is 0 Å². The smallest absolute Gasteiger partial charge is 0.271 e. The molecule has 0 saturated heterocycles. The summed E-state index contributed by atoms with van der Waals surface area (Å²) in [5.41, 5.74) is 1.88. The number of carbonyl (C=O) groups is 1. The first-order chi connectivity index (χ1) is 9.29. The Hall–Kier alpha value is -1.91. The largest absolute Gasteiger partial charge is 0.368 e. The van der Waals surface area contributed by atoms with Crippen LogP contribution < -0.4 is 10.6 Å². The van der Waals surface area contributed by atoms with Crippen molar-refractivity contribution in [3.8, 4) is 0 Å². The maximum Gasteiger partial charge on any atom is 0.271 e. The quantitative estimate of drug-likeness (QED) is 0.769. The van der Waals surface area contributed by atoms with E-state index in [0.29, 0.717) is 18.1 Å². The molecule has 0 aliphatic heterocycles. The lowest BCUT2D eigenvalue weighted by Gasteiger charge is -2.06. The Morgan fingerprint density at radius 2 is 2.26 bits per heavy atom. The molecule has 0 bridgehead atoms. The van der Waals surface area contributed by atoms with E-state index in [0.717, 1.165) is 13.0 Å². The number of carbonyl (C=O) groups excluding carboxylic acids is 1. The molecular formula is C14H20N4O. The van der Waals surface area contributed by atoms with Gasteiger partial charge in [0.25, 0.3) is 5.91 Å². The molecule has 0 spiro atoms. The number of hydrogen-bond acceptors (Lipinski definition) is 4. The van der Waals surface area contributed by atoms with Gasteiger partial charge in [0.15, 0.2) is 5.69 Å². The van der Waals surface area contributed by atoms with E-state index in [1.807, 2.05) is 6.92 Å². The number of nitrogens with zero attached hydrogens (tertiary/aromatic N) is 2. The molecule has 1 amide bonds. The normalized spacial score (nSPS) is 14.1. The molecule has 1 heterocycles. The Balaban J connectivity index is 1.79. The Morgan fingerprint density at radius 3 is 2.89 bits per heavy atom. The van der Waals surface area contributed by atoms with E-state index in [9.17, 15) is 4.79 Å². The van der Waals surface area contributed by atoms with Crippen molar-refractivity contribution >= 4 is 11.7 Å². The number of aromatic nitrogens is 2. The van der Waals surface area contributed by atoms with Gasteiger partial charge in [-0.1, -0.05) is 11.6 Å². The van der Waals surface area contributed by atoms with E-state index in [1.165, 1.54) is 24.8 Å². The number of amides is 1. The first-order valence-electron chi connectivity index (χ1n) is 6.83. The summed E-state index contributed by atoms with van der Waals surface area (Å²) in [5, 5.41) is 13.8. The van der Waals surface area contributed by atoms with Crippen molar-refractivity contribution in [2.75, 3.05) is 18.4 Å². The van der Waals surface area contributed by atoms with Gasteiger partial charge in [0.1, 0.15) is 5.82 Å². The van der Waals surface area contributed by atoms with Crippen LogP contribution in [0.4, 0.5) is 5.82 Å². The van der Waals surface area contributed by atoms with Gasteiger partial charge in [-0.3, -0.25) is 4.79 Å². The zero-order valence-corrected chi connectivity index (χ0v) is 11.3. The highest BCUT2D eigenvalue weighted by Crippen LogP contribution is 2.20. The molecule has 0 atom stereocenters. The van der Waals surface area contributed by atoms with E-state index < -0.39 is 0 Å². The molecule has 2 rings (SSSR count). The molecular weight excluding hydrogens is 240 g/mol. The number of allylic oxidation sites excluding steroid dienone is 1. The van der Waals surface area contributed by atoms with Crippen LogP contribution >= 0.6 is 0 Å². The van der Waals surface area contributed by atoms with Gasteiger partial charge in [0, 0.05) is 13.1 Å². The Bertz CT molecular complexity index is 453. The van der Waals surface area contributed by atoms with E-state index in [-0.39, 0.29) is 5.91 Å². The van der Waals surface area contributed by atoms with Gasteiger partial charge in [-0.2, -0.15) is 0 Å². The van der Waals surface area contributed by atoms with Gasteiger partial charge in [0.2, 0.25) is 0 Å². The van der Waals surface area contributed by atoms with Gasteiger partial charge in [-0.15, -0.1) is 10.2 Å². The molecule has 0 radical (unpaired) electrons. The number of anilines is 1. The molecule has 5 heteroatoms. The van der Waals surface area contributed by atoms with E-state index in [1.54, 1.807) is 12.1 Å². The summed E-state index contributed by atoms with van der Waals surface area (Å²) in [4.78, 5) is 11.5. The number of hydrogen-bond donors (Lipinski definition) is 2. The SMILES string of the molecule is CCNC(=O)c1ccc(NCCC2=CCCC2)nn1. The van der Waals surface area contributed by atoms with Gasteiger partial charge in [-0.05, 0) is 44.7 Å². The predicted octanol–water partition coefficient (Wildman–Crippen LogP) is 2.14. The zero-order chi connectivity index (χ0) is 13.5. The van der Waals surface area contributed by atoms with Crippen LogP contribution in [-0.4, -0.2) is 29.2 Å². The molecule has 1 aliphatic carbocycles. The minimum absolute atomic E-state index is 0.183. The average molecular weight is 260 g/mol. The fourth-order valence-corrected chi connectivity index (χ4v) is 2.11. The van der Waals surface area contributed by atoms with Crippen molar-refractivity contribution in [1.29, 1.82) is 0 Å². The lowest BCUT2D eigenvalue weighted by atomic mass is 10.2. The average Bonchev–Trinajstić information content (AvgIpc) is 2.93. The standard InChI is InChI=1S/C14H20N4O/c1-2-15-14(19)12-7-8-13(18-17-12)16-10-9-11-5-3-4-6-11/h5,7-8H,2-4,6,9-10H2,1H3,(H,15,19)(H,16,18). The van der Waals surface area contributed by atoms with E-state index >= 15 is 0 Å². The molecule has 1 aromatic rings. The number of nitrogens with one attached hydrogen (secondary N) is 2. The summed E-state index contributed by atoms with van der Waals surface area (Å²) in [6.45, 7) is 3.33. The molecule has 0 unspecified atom stereocenters. The van der Waals surface area contributed by atoms with Crippen LogP contribution in [0.2, 0.25) is 0 Å². The van der Waals surface area contributed by atoms with Crippen LogP contribution in [0.5, 0.6) is 0 Å². The summed E-state index contributed by atoms with van der Waals surface area (Å²) >= 11 is 0. The van der Waals surface area contributed by atoms with E-state index in [2.05, 4.69) is 26.9 Å². The maximum atomic E-state index is 11.5. The predicted molar refractivity (Wildman–Crippen MR) is 75.1 cm³/mol. The fraction of sp³-hybridized carbons (Fsp3) is 0.500. The summed E-state index contributed by atoms with van der Waals surface area (Å²) < 4.78 is 0. The van der Waals surface area contributed by atoms with Crippen LogP contribution in [0.25, 0.3) is 0 Å². The van der Waals surface area contributed by atoms with Crippen LogP contribution in [0.15, 0.2) is 23.8 Å². The third-order valence-corrected chi connectivity index (χ3v) is 3.12. The molecule has 102 valence electrons. The summed E-state index contributed by atoms with van der Waals surface area (Å²) in [5.74, 6) is 0.532.